The highest BCUT2D eigenvalue weighted by atomic mass is 28.3. The van der Waals surface area contributed by atoms with Crippen molar-refractivity contribution in [1.29, 1.82) is 0 Å². The van der Waals surface area contributed by atoms with E-state index < -0.39 is 8.07 Å². The Labute approximate surface area is 156 Å². The molecular formula is C24H38Si. The molecule has 0 bridgehead atoms. The first kappa shape index (κ1) is 17.8. The summed E-state index contributed by atoms with van der Waals surface area (Å²) in [5, 5.41) is 1.98. The molecule has 2 fully saturated rings. The Bertz CT molecular complexity index is 587. The van der Waals surface area contributed by atoms with Crippen LogP contribution in [-0.2, 0) is 0 Å². The fraction of sp³-hybridized carbons (Fsp3) is 0.750. The van der Waals surface area contributed by atoms with Crippen LogP contribution in [0.4, 0.5) is 0 Å². The molecule has 1 heterocycles. The third kappa shape index (κ3) is 2.76. The quantitative estimate of drug-likeness (QED) is 0.507. The zero-order valence-electron chi connectivity index (χ0n) is 16.9. The highest BCUT2D eigenvalue weighted by Gasteiger charge is 2.61. The zero-order chi connectivity index (χ0) is 17.4. The van der Waals surface area contributed by atoms with Crippen LogP contribution in [0.5, 0.6) is 0 Å². The molecule has 0 amide bonds. The minimum absolute atomic E-state index is 0.997. The lowest BCUT2D eigenvalue weighted by atomic mass is 9.97. The fourth-order valence-electron chi connectivity index (χ4n) is 7.37. The van der Waals surface area contributed by atoms with E-state index in [4.69, 9.17) is 0 Å². The summed E-state index contributed by atoms with van der Waals surface area (Å²) >= 11 is 0. The average molecular weight is 355 g/mol. The molecule has 2 saturated carbocycles. The van der Waals surface area contributed by atoms with E-state index in [-0.39, 0.29) is 0 Å². The van der Waals surface area contributed by atoms with Gasteiger partial charge in [-0.05, 0) is 42.5 Å². The predicted octanol–water partition coefficient (Wildman–Crippen LogP) is 7.06. The van der Waals surface area contributed by atoms with Crippen LogP contribution in [-0.4, -0.2) is 8.07 Å². The first-order valence-electron chi connectivity index (χ1n) is 11.3. The van der Waals surface area contributed by atoms with Gasteiger partial charge in [-0.3, -0.25) is 0 Å². The number of aryl methyl sites for hydroxylation is 2. The molecule has 1 heteroatoms. The van der Waals surface area contributed by atoms with Crippen molar-refractivity contribution in [2.24, 2.45) is 0 Å². The normalized spacial score (nSPS) is 26.9. The van der Waals surface area contributed by atoms with Gasteiger partial charge < -0.3 is 0 Å². The highest BCUT2D eigenvalue weighted by Crippen LogP contribution is 2.59. The van der Waals surface area contributed by atoms with Crippen molar-refractivity contribution in [1.82, 2.24) is 0 Å². The molecule has 0 saturated heterocycles. The van der Waals surface area contributed by atoms with Crippen molar-refractivity contribution < 1.29 is 0 Å². The van der Waals surface area contributed by atoms with Crippen molar-refractivity contribution in [2.75, 3.05) is 0 Å². The number of benzene rings is 1. The van der Waals surface area contributed by atoms with E-state index in [1.54, 1.807) is 31.2 Å². The smallest absolute Gasteiger partial charge is 0.0654 e. The van der Waals surface area contributed by atoms with Crippen LogP contribution in [0.3, 0.4) is 0 Å². The molecule has 0 radical (unpaired) electrons. The molecule has 1 atom stereocenters. The molecule has 4 rings (SSSR count). The monoisotopic (exact) mass is 354 g/mol. The van der Waals surface area contributed by atoms with Crippen LogP contribution in [0.25, 0.3) is 0 Å². The van der Waals surface area contributed by atoms with Crippen LogP contribution in [0.2, 0.25) is 11.1 Å². The van der Waals surface area contributed by atoms with E-state index in [0.717, 1.165) is 16.6 Å². The number of fused-ring (bicyclic) bond motifs is 1. The Kier molecular flexibility index (Phi) is 5.15. The Morgan fingerprint density at radius 3 is 1.92 bits per heavy atom. The number of hydrogen-bond acceptors (Lipinski definition) is 0. The van der Waals surface area contributed by atoms with Crippen LogP contribution in [0.1, 0.15) is 106 Å². The molecule has 1 aliphatic heterocycles. The minimum Gasteiger partial charge on any atom is -0.0654 e. The molecule has 0 spiro atoms. The molecular weight excluding hydrogens is 316 g/mol. The molecule has 2 aliphatic carbocycles. The maximum absolute atomic E-state index is 2.60. The second-order valence-corrected chi connectivity index (χ2v) is 14.2. The van der Waals surface area contributed by atoms with Gasteiger partial charge >= 0.3 is 0 Å². The van der Waals surface area contributed by atoms with Crippen LogP contribution in [0.15, 0.2) is 12.1 Å². The maximum atomic E-state index is 2.60. The van der Waals surface area contributed by atoms with Crippen LogP contribution < -0.4 is 5.19 Å². The van der Waals surface area contributed by atoms with E-state index in [2.05, 4.69) is 32.9 Å². The second-order valence-electron chi connectivity index (χ2n) is 9.49. The van der Waals surface area contributed by atoms with Gasteiger partial charge in [0, 0.05) is 0 Å². The Hall–Kier alpha value is -0.563. The first-order valence-corrected chi connectivity index (χ1v) is 13.5. The topological polar surface area (TPSA) is 0 Å². The van der Waals surface area contributed by atoms with Crippen molar-refractivity contribution in [3.05, 3.63) is 28.8 Å². The van der Waals surface area contributed by atoms with Gasteiger partial charge in [0.1, 0.15) is 8.07 Å². The summed E-state index contributed by atoms with van der Waals surface area (Å²) in [6, 6.07) is 5.12. The van der Waals surface area contributed by atoms with Gasteiger partial charge in [-0.25, -0.2) is 0 Å². The highest BCUT2D eigenvalue weighted by molar-refractivity contribution is 6.99. The molecule has 3 aliphatic rings. The third-order valence-corrected chi connectivity index (χ3v) is 15.2. The van der Waals surface area contributed by atoms with Crippen molar-refractivity contribution >= 4 is 13.3 Å². The summed E-state index contributed by atoms with van der Waals surface area (Å²) in [6.07, 6.45) is 18.2. The average Bonchev–Trinajstić information content (AvgIpc) is 2.63. The fourth-order valence-corrected chi connectivity index (χ4v) is 15.9. The Morgan fingerprint density at radius 1 is 0.840 bits per heavy atom. The minimum atomic E-state index is -1.38. The van der Waals surface area contributed by atoms with Crippen molar-refractivity contribution in [2.45, 2.75) is 114 Å². The van der Waals surface area contributed by atoms with Gasteiger partial charge in [0.25, 0.3) is 0 Å². The molecule has 1 aromatic rings. The van der Waals surface area contributed by atoms with Gasteiger partial charge in [0.15, 0.2) is 0 Å². The van der Waals surface area contributed by atoms with Gasteiger partial charge in [-0.15, -0.1) is 0 Å². The summed E-state index contributed by atoms with van der Waals surface area (Å²) in [6.45, 7) is 7.21. The summed E-state index contributed by atoms with van der Waals surface area (Å²) in [7, 11) is -1.38. The lowest BCUT2D eigenvalue weighted by molar-refractivity contribution is 0.440. The van der Waals surface area contributed by atoms with Gasteiger partial charge in [-0.2, -0.15) is 0 Å². The third-order valence-electron chi connectivity index (χ3n) is 8.03. The lowest BCUT2D eigenvalue weighted by Crippen LogP contribution is -2.70. The maximum Gasteiger partial charge on any atom is 0.101 e. The van der Waals surface area contributed by atoms with E-state index in [1.807, 2.05) is 10.8 Å². The van der Waals surface area contributed by atoms with Crippen LogP contribution >= 0.6 is 0 Å². The Morgan fingerprint density at radius 2 is 1.40 bits per heavy atom. The first-order chi connectivity index (χ1) is 12.2. The molecule has 1 unspecified atom stereocenters. The van der Waals surface area contributed by atoms with Crippen molar-refractivity contribution in [3.8, 4) is 0 Å². The SMILES string of the molecule is CCCC1c2cc(C)cc(C)c2[Si]1(C1CCCCC1)C1CCCCC1. The van der Waals surface area contributed by atoms with E-state index in [1.165, 1.54) is 56.9 Å². The zero-order valence-corrected chi connectivity index (χ0v) is 17.9. The summed E-state index contributed by atoms with van der Waals surface area (Å²) in [5.74, 6) is 0. The largest absolute Gasteiger partial charge is 0.101 e. The summed E-state index contributed by atoms with van der Waals surface area (Å²) in [5.41, 5.74) is 8.22. The van der Waals surface area contributed by atoms with E-state index in [0.29, 0.717) is 0 Å². The summed E-state index contributed by atoms with van der Waals surface area (Å²) < 4.78 is 0. The number of rotatable bonds is 4. The molecule has 0 aromatic heterocycles. The molecule has 138 valence electrons. The molecule has 0 N–H and O–H groups in total. The van der Waals surface area contributed by atoms with E-state index in [9.17, 15) is 0 Å². The summed E-state index contributed by atoms with van der Waals surface area (Å²) in [4.78, 5) is 0. The molecule has 0 nitrogen and oxygen atoms in total. The standard InChI is InChI=1S/C24H38Si/c1-4-11-23-22-17-18(2)16-19(3)24(22)25(23,20-12-7-5-8-13-20)21-14-9-6-10-15-21/h16-17,20-21,23H,4-15H2,1-3H3. The lowest BCUT2D eigenvalue weighted by Gasteiger charge is -2.60. The number of hydrogen-bond donors (Lipinski definition) is 0. The van der Waals surface area contributed by atoms with Crippen LogP contribution in [0, 0.1) is 13.8 Å². The Balaban J connectivity index is 1.84. The predicted molar refractivity (Wildman–Crippen MR) is 113 cm³/mol. The van der Waals surface area contributed by atoms with E-state index >= 15 is 0 Å². The second kappa shape index (κ2) is 7.22. The van der Waals surface area contributed by atoms with Gasteiger partial charge in [-0.1, -0.05) is 106 Å². The molecule has 25 heavy (non-hydrogen) atoms. The van der Waals surface area contributed by atoms with Gasteiger partial charge in [0.2, 0.25) is 0 Å². The van der Waals surface area contributed by atoms with Gasteiger partial charge in [0.05, 0.1) is 0 Å². The molecule has 1 aromatic carbocycles. The van der Waals surface area contributed by atoms with Crippen molar-refractivity contribution in [3.63, 3.8) is 0 Å².